The van der Waals surface area contributed by atoms with Crippen molar-refractivity contribution in [2.24, 2.45) is 0 Å². The van der Waals surface area contributed by atoms with E-state index >= 15 is 0 Å². The highest BCUT2D eigenvalue weighted by Gasteiger charge is 2.21. The lowest BCUT2D eigenvalue weighted by atomic mass is 10.2. The number of benzene rings is 1. The smallest absolute Gasteiger partial charge is 0.292 e. The highest BCUT2D eigenvalue weighted by Crippen LogP contribution is 2.29. The molecule has 7 heteroatoms. The molecule has 0 saturated carbocycles. The molecule has 1 aromatic rings. The van der Waals surface area contributed by atoms with Crippen LogP contribution in [0.2, 0.25) is 0 Å². The second-order valence-corrected chi connectivity index (χ2v) is 4.92. The Morgan fingerprint density at radius 1 is 1.45 bits per heavy atom. The minimum atomic E-state index is -0.376. The molecule has 1 fully saturated rings. The van der Waals surface area contributed by atoms with Gasteiger partial charge in [0.05, 0.1) is 37.7 Å². The molecule has 7 nitrogen and oxygen atoms in total. The van der Waals surface area contributed by atoms with E-state index < -0.39 is 0 Å². The monoisotopic (exact) mass is 281 g/mol. The van der Waals surface area contributed by atoms with Gasteiger partial charge in [-0.05, 0) is 12.1 Å². The standard InChI is InChI=1S/C13H20N4O3/c1-14-12-10-11(2-3-13(12)17(19)20)16-6-4-15(5-7-16)8-9-18/h2-3,10,14,18H,4-9H2,1H3/p+1. The van der Waals surface area contributed by atoms with Gasteiger partial charge < -0.3 is 20.2 Å². The number of quaternary nitrogens is 1. The molecule has 1 heterocycles. The summed E-state index contributed by atoms with van der Waals surface area (Å²) in [7, 11) is 1.69. The molecule has 2 rings (SSSR count). The molecule has 110 valence electrons. The molecule has 1 aromatic carbocycles. The molecule has 0 spiro atoms. The van der Waals surface area contributed by atoms with E-state index in [-0.39, 0.29) is 17.2 Å². The number of rotatable bonds is 5. The molecule has 0 radical (unpaired) electrons. The summed E-state index contributed by atoms with van der Waals surface area (Å²) in [6, 6.07) is 5.18. The lowest BCUT2D eigenvalue weighted by molar-refractivity contribution is -0.900. The summed E-state index contributed by atoms with van der Waals surface area (Å²) in [6.07, 6.45) is 0. The second-order valence-electron chi connectivity index (χ2n) is 4.92. The summed E-state index contributed by atoms with van der Waals surface area (Å²) < 4.78 is 0. The Bertz CT molecular complexity index is 473. The molecule has 1 saturated heterocycles. The number of aliphatic hydroxyl groups excluding tert-OH is 1. The van der Waals surface area contributed by atoms with Gasteiger partial charge in [-0.25, -0.2) is 0 Å². The van der Waals surface area contributed by atoms with Crippen LogP contribution in [0.25, 0.3) is 0 Å². The Hall–Kier alpha value is -1.86. The van der Waals surface area contributed by atoms with Crippen LogP contribution in [-0.2, 0) is 0 Å². The normalized spacial score (nSPS) is 16.2. The van der Waals surface area contributed by atoms with Gasteiger partial charge >= 0.3 is 0 Å². The predicted octanol–water partition coefficient (Wildman–Crippen LogP) is -0.666. The van der Waals surface area contributed by atoms with E-state index in [1.807, 2.05) is 6.07 Å². The van der Waals surface area contributed by atoms with Crippen molar-refractivity contribution in [3.8, 4) is 0 Å². The molecule has 0 atom stereocenters. The first kappa shape index (κ1) is 14.5. The molecule has 1 aliphatic rings. The van der Waals surface area contributed by atoms with Crippen molar-refractivity contribution in [3.63, 3.8) is 0 Å². The molecule has 0 aliphatic carbocycles. The Labute approximate surface area is 117 Å². The van der Waals surface area contributed by atoms with Crippen LogP contribution >= 0.6 is 0 Å². The third-order valence-electron chi connectivity index (χ3n) is 3.75. The SMILES string of the molecule is CNc1cc(N2CC[NH+](CCO)CC2)ccc1[N+](=O)[O-]. The van der Waals surface area contributed by atoms with Crippen molar-refractivity contribution in [1.29, 1.82) is 0 Å². The maximum Gasteiger partial charge on any atom is 0.292 e. The van der Waals surface area contributed by atoms with E-state index in [4.69, 9.17) is 5.11 Å². The van der Waals surface area contributed by atoms with Gasteiger partial charge in [0.2, 0.25) is 0 Å². The van der Waals surface area contributed by atoms with Crippen LogP contribution in [0.5, 0.6) is 0 Å². The number of nitrogens with one attached hydrogen (secondary N) is 2. The highest BCUT2D eigenvalue weighted by molar-refractivity contribution is 5.68. The minimum Gasteiger partial charge on any atom is -0.391 e. The van der Waals surface area contributed by atoms with Gasteiger partial charge in [0.15, 0.2) is 0 Å². The zero-order valence-electron chi connectivity index (χ0n) is 11.6. The second kappa shape index (κ2) is 6.53. The zero-order chi connectivity index (χ0) is 14.5. The van der Waals surface area contributed by atoms with Crippen LogP contribution in [-0.4, -0.2) is 56.4 Å². The van der Waals surface area contributed by atoms with E-state index in [1.54, 1.807) is 19.2 Å². The van der Waals surface area contributed by atoms with Gasteiger partial charge in [-0.1, -0.05) is 0 Å². The summed E-state index contributed by atoms with van der Waals surface area (Å²) in [6.45, 7) is 4.76. The third kappa shape index (κ3) is 3.17. The van der Waals surface area contributed by atoms with Gasteiger partial charge in [-0.2, -0.15) is 0 Å². The lowest BCUT2D eigenvalue weighted by Crippen LogP contribution is -3.15. The maximum absolute atomic E-state index is 10.9. The number of nitrogens with zero attached hydrogens (tertiary/aromatic N) is 2. The average Bonchev–Trinajstić information content (AvgIpc) is 2.47. The van der Waals surface area contributed by atoms with Crippen molar-refractivity contribution in [2.45, 2.75) is 0 Å². The van der Waals surface area contributed by atoms with E-state index in [0.29, 0.717) is 5.69 Å². The van der Waals surface area contributed by atoms with Crippen LogP contribution in [0.3, 0.4) is 0 Å². The summed E-state index contributed by atoms with van der Waals surface area (Å²) in [4.78, 5) is 14.2. The highest BCUT2D eigenvalue weighted by atomic mass is 16.6. The summed E-state index contributed by atoms with van der Waals surface area (Å²) in [5, 5.41) is 22.7. The fraction of sp³-hybridized carbons (Fsp3) is 0.538. The average molecular weight is 281 g/mol. The van der Waals surface area contributed by atoms with E-state index in [2.05, 4.69) is 10.2 Å². The molecule has 20 heavy (non-hydrogen) atoms. The first-order valence-corrected chi connectivity index (χ1v) is 6.81. The largest absolute Gasteiger partial charge is 0.391 e. The topological polar surface area (TPSA) is 83.1 Å². The molecule has 0 unspecified atom stereocenters. The van der Waals surface area contributed by atoms with Crippen molar-refractivity contribution in [2.75, 3.05) is 56.6 Å². The Kier molecular flexibility index (Phi) is 4.75. The van der Waals surface area contributed by atoms with Crippen molar-refractivity contribution in [1.82, 2.24) is 0 Å². The van der Waals surface area contributed by atoms with Crippen LogP contribution in [0.1, 0.15) is 0 Å². The van der Waals surface area contributed by atoms with E-state index in [0.717, 1.165) is 38.4 Å². The van der Waals surface area contributed by atoms with E-state index in [1.165, 1.54) is 4.90 Å². The van der Waals surface area contributed by atoms with Crippen LogP contribution in [0, 0.1) is 10.1 Å². The lowest BCUT2D eigenvalue weighted by Gasteiger charge is -2.33. The van der Waals surface area contributed by atoms with Gasteiger partial charge in [0.1, 0.15) is 12.2 Å². The van der Waals surface area contributed by atoms with Gasteiger partial charge in [0.25, 0.3) is 5.69 Å². The third-order valence-corrected chi connectivity index (χ3v) is 3.75. The number of anilines is 2. The number of hydrogen-bond acceptors (Lipinski definition) is 5. The van der Waals surface area contributed by atoms with Crippen molar-refractivity contribution >= 4 is 17.1 Å². The number of piperazine rings is 1. The number of aliphatic hydroxyl groups is 1. The Balaban J connectivity index is 2.08. The maximum atomic E-state index is 10.9. The molecule has 0 aromatic heterocycles. The molecule has 1 aliphatic heterocycles. The van der Waals surface area contributed by atoms with Crippen LogP contribution in [0.4, 0.5) is 17.1 Å². The molecular formula is C13H21N4O3+. The zero-order valence-corrected chi connectivity index (χ0v) is 11.6. The summed E-state index contributed by atoms with van der Waals surface area (Å²) >= 11 is 0. The summed E-state index contributed by atoms with van der Waals surface area (Å²) in [5.74, 6) is 0. The fourth-order valence-corrected chi connectivity index (χ4v) is 2.57. The molecule has 3 N–H and O–H groups in total. The van der Waals surface area contributed by atoms with Gasteiger partial charge in [-0.3, -0.25) is 10.1 Å². The van der Waals surface area contributed by atoms with E-state index in [9.17, 15) is 10.1 Å². The Morgan fingerprint density at radius 3 is 2.70 bits per heavy atom. The van der Waals surface area contributed by atoms with Crippen LogP contribution < -0.4 is 15.1 Å². The quantitative estimate of drug-likeness (QED) is 0.493. The molecular weight excluding hydrogens is 260 g/mol. The Morgan fingerprint density at radius 2 is 2.15 bits per heavy atom. The first-order valence-electron chi connectivity index (χ1n) is 6.81. The number of hydrogen-bond donors (Lipinski definition) is 3. The van der Waals surface area contributed by atoms with Gasteiger partial charge in [-0.15, -0.1) is 0 Å². The predicted molar refractivity (Wildman–Crippen MR) is 77.5 cm³/mol. The molecule has 0 amide bonds. The number of nitro benzene ring substituents is 1. The fourth-order valence-electron chi connectivity index (χ4n) is 2.57. The van der Waals surface area contributed by atoms with Crippen molar-refractivity contribution in [3.05, 3.63) is 28.3 Å². The van der Waals surface area contributed by atoms with Crippen molar-refractivity contribution < 1.29 is 14.9 Å². The number of nitro groups is 1. The minimum absolute atomic E-state index is 0.0980. The van der Waals surface area contributed by atoms with Crippen LogP contribution in [0.15, 0.2) is 18.2 Å². The first-order chi connectivity index (χ1) is 9.65. The summed E-state index contributed by atoms with van der Waals surface area (Å²) in [5.41, 5.74) is 1.64. The molecule has 0 bridgehead atoms. The van der Waals surface area contributed by atoms with Gasteiger partial charge in [0, 0.05) is 18.8 Å².